The highest BCUT2D eigenvalue weighted by Crippen LogP contribution is 2.28. The molecule has 0 bridgehead atoms. The fraction of sp³-hybridized carbons (Fsp3) is 0.300. The summed E-state index contributed by atoms with van der Waals surface area (Å²) in [6.45, 7) is 1.88. The largest absolute Gasteiger partial charge is 0.381 e. The average Bonchev–Trinajstić information content (AvgIpc) is 2.53. The quantitative estimate of drug-likeness (QED) is 0.864. The van der Waals surface area contributed by atoms with E-state index in [0.717, 1.165) is 11.4 Å². The summed E-state index contributed by atoms with van der Waals surface area (Å²) in [5, 5.41) is 5.66. The molecule has 0 saturated carbocycles. The number of nitrogens with zero attached hydrogens (tertiary/aromatic N) is 4. The zero-order valence-electron chi connectivity index (χ0n) is 9.51. The average molecular weight is 270 g/mol. The zero-order chi connectivity index (χ0) is 12.4. The molecular formula is C10H12ClN5S. The number of aromatic nitrogens is 4. The van der Waals surface area contributed by atoms with Gasteiger partial charge in [0.1, 0.15) is 5.03 Å². The molecular weight excluding hydrogens is 258 g/mol. The van der Waals surface area contributed by atoms with E-state index in [2.05, 4.69) is 15.1 Å². The highest BCUT2D eigenvalue weighted by Gasteiger charge is 2.12. The van der Waals surface area contributed by atoms with Gasteiger partial charge < -0.3 is 5.73 Å². The van der Waals surface area contributed by atoms with Crippen LogP contribution in [0.15, 0.2) is 17.4 Å². The molecule has 7 heteroatoms. The van der Waals surface area contributed by atoms with E-state index in [-0.39, 0.29) is 0 Å². The van der Waals surface area contributed by atoms with E-state index in [1.807, 2.05) is 14.0 Å². The number of hydrogen-bond donors (Lipinski definition) is 1. The molecule has 2 aromatic rings. The molecule has 2 heterocycles. The SMILES string of the molecule is Cc1nn(C)c(CSc2nccnc2N)c1Cl. The summed E-state index contributed by atoms with van der Waals surface area (Å²) < 4.78 is 1.78. The molecule has 0 aliphatic rings. The molecule has 17 heavy (non-hydrogen) atoms. The van der Waals surface area contributed by atoms with Gasteiger partial charge >= 0.3 is 0 Å². The number of nitrogens with two attached hydrogens (primary N) is 1. The van der Waals surface area contributed by atoms with Crippen LogP contribution in [0, 0.1) is 6.92 Å². The van der Waals surface area contributed by atoms with Crippen molar-refractivity contribution in [2.45, 2.75) is 17.7 Å². The Labute approximate surface area is 108 Å². The Morgan fingerprint density at radius 1 is 1.41 bits per heavy atom. The summed E-state index contributed by atoms with van der Waals surface area (Å²) in [5.41, 5.74) is 7.50. The van der Waals surface area contributed by atoms with Crippen LogP contribution in [0.1, 0.15) is 11.4 Å². The number of nitrogen functional groups attached to an aromatic ring is 1. The number of rotatable bonds is 3. The summed E-state index contributed by atoms with van der Waals surface area (Å²) in [6.07, 6.45) is 3.19. The maximum atomic E-state index is 6.16. The second-order valence-electron chi connectivity index (χ2n) is 3.51. The molecule has 0 aliphatic carbocycles. The summed E-state index contributed by atoms with van der Waals surface area (Å²) in [5.74, 6) is 1.10. The molecule has 0 unspecified atom stereocenters. The van der Waals surface area contributed by atoms with Gasteiger partial charge in [-0.2, -0.15) is 5.10 Å². The number of aryl methyl sites for hydroxylation is 2. The summed E-state index contributed by atoms with van der Waals surface area (Å²) in [4.78, 5) is 8.14. The molecule has 2 rings (SSSR count). The molecule has 0 amide bonds. The maximum Gasteiger partial charge on any atom is 0.156 e. The zero-order valence-corrected chi connectivity index (χ0v) is 11.1. The smallest absolute Gasteiger partial charge is 0.156 e. The van der Waals surface area contributed by atoms with Crippen LogP contribution in [0.4, 0.5) is 5.82 Å². The lowest BCUT2D eigenvalue weighted by atomic mass is 10.4. The first-order valence-corrected chi connectivity index (χ1v) is 6.33. The van der Waals surface area contributed by atoms with Crippen LogP contribution in [0.25, 0.3) is 0 Å². The first kappa shape index (κ1) is 12.2. The number of anilines is 1. The molecule has 0 fully saturated rings. The van der Waals surface area contributed by atoms with Gasteiger partial charge in [0.2, 0.25) is 0 Å². The van der Waals surface area contributed by atoms with Crippen LogP contribution in [-0.4, -0.2) is 19.7 Å². The van der Waals surface area contributed by atoms with Crippen molar-refractivity contribution >= 4 is 29.2 Å². The Hall–Kier alpha value is -1.27. The van der Waals surface area contributed by atoms with Crippen molar-refractivity contribution in [2.24, 2.45) is 7.05 Å². The van der Waals surface area contributed by atoms with E-state index in [1.54, 1.807) is 17.1 Å². The topological polar surface area (TPSA) is 69.6 Å². The Kier molecular flexibility index (Phi) is 3.54. The molecule has 0 aromatic carbocycles. The lowest BCUT2D eigenvalue weighted by molar-refractivity contribution is 0.727. The molecule has 0 saturated heterocycles. The number of halogens is 1. The maximum absolute atomic E-state index is 6.16. The molecule has 2 aromatic heterocycles. The minimum Gasteiger partial charge on any atom is -0.381 e. The van der Waals surface area contributed by atoms with Crippen LogP contribution in [0.2, 0.25) is 5.02 Å². The Morgan fingerprint density at radius 3 is 2.71 bits per heavy atom. The van der Waals surface area contributed by atoms with Crippen molar-refractivity contribution in [3.05, 3.63) is 28.8 Å². The fourth-order valence-corrected chi connectivity index (χ4v) is 2.67. The lowest BCUT2D eigenvalue weighted by Gasteiger charge is -2.04. The highest BCUT2D eigenvalue weighted by molar-refractivity contribution is 7.98. The third-order valence-electron chi connectivity index (χ3n) is 2.30. The highest BCUT2D eigenvalue weighted by atomic mass is 35.5. The van der Waals surface area contributed by atoms with Crippen molar-refractivity contribution in [3.8, 4) is 0 Å². The van der Waals surface area contributed by atoms with E-state index in [9.17, 15) is 0 Å². The van der Waals surface area contributed by atoms with Gasteiger partial charge in [0.25, 0.3) is 0 Å². The first-order valence-electron chi connectivity index (χ1n) is 4.97. The first-order chi connectivity index (χ1) is 8.09. The molecule has 5 nitrogen and oxygen atoms in total. The van der Waals surface area contributed by atoms with Crippen LogP contribution in [0.3, 0.4) is 0 Å². The van der Waals surface area contributed by atoms with Gasteiger partial charge in [0.05, 0.1) is 16.4 Å². The molecule has 2 N–H and O–H groups in total. The minimum absolute atomic E-state index is 0.438. The summed E-state index contributed by atoms with van der Waals surface area (Å²) in [6, 6.07) is 0. The third kappa shape index (κ3) is 2.53. The predicted molar refractivity (Wildman–Crippen MR) is 69.0 cm³/mol. The normalized spacial score (nSPS) is 10.8. The monoisotopic (exact) mass is 269 g/mol. The molecule has 0 aliphatic heterocycles. The van der Waals surface area contributed by atoms with Crippen molar-refractivity contribution in [1.82, 2.24) is 19.7 Å². The van der Waals surface area contributed by atoms with Crippen molar-refractivity contribution in [3.63, 3.8) is 0 Å². The molecule has 0 spiro atoms. The van der Waals surface area contributed by atoms with E-state index in [0.29, 0.717) is 21.6 Å². The van der Waals surface area contributed by atoms with Gasteiger partial charge in [-0.25, -0.2) is 9.97 Å². The second-order valence-corrected chi connectivity index (χ2v) is 4.85. The number of hydrogen-bond acceptors (Lipinski definition) is 5. The van der Waals surface area contributed by atoms with E-state index in [1.165, 1.54) is 11.8 Å². The molecule has 90 valence electrons. The fourth-order valence-electron chi connectivity index (χ4n) is 1.42. The van der Waals surface area contributed by atoms with Gasteiger partial charge in [-0.1, -0.05) is 23.4 Å². The van der Waals surface area contributed by atoms with Gasteiger partial charge in [-0.3, -0.25) is 4.68 Å². The van der Waals surface area contributed by atoms with Crippen molar-refractivity contribution < 1.29 is 0 Å². The third-order valence-corrected chi connectivity index (χ3v) is 3.80. The van der Waals surface area contributed by atoms with Crippen LogP contribution in [-0.2, 0) is 12.8 Å². The van der Waals surface area contributed by atoms with Crippen molar-refractivity contribution in [2.75, 3.05) is 5.73 Å². The predicted octanol–water partition coefficient (Wildman–Crippen LogP) is 2.05. The molecule has 0 radical (unpaired) electrons. The van der Waals surface area contributed by atoms with Gasteiger partial charge in [-0.15, -0.1) is 0 Å². The minimum atomic E-state index is 0.438. The van der Waals surface area contributed by atoms with Crippen molar-refractivity contribution in [1.29, 1.82) is 0 Å². The Bertz CT molecular complexity index is 539. The van der Waals surface area contributed by atoms with Gasteiger partial charge in [0.15, 0.2) is 5.82 Å². The van der Waals surface area contributed by atoms with E-state index in [4.69, 9.17) is 17.3 Å². The lowest BCUT2D eigenvalue weighted by Crippen LogP contribution is -1.99. The summed E-state index contributed by atoms with van der Waals surface area (Å²) in [7, 11) is 1.87. The van der Waals surface area contributed by atoms with E-state index >= 15 is 0 Å². The standard InChI is InChI=1S/C10H12ClN5S/c1-6-8(11)7(16(2)15-6)5-17-10-9(12)13-3-4-14-10/h3-4H,5H2,1-2H3,(H2,12,13). The van der Waals surface area contributed by atoms with Gasteiger partial charge in [0, 0.05) is 25.2 Å². The van der Waals surface area contributed by atoms with E-state index < -0.39 is 0 Å². The van der Waals surface area contributed by atoms with Crippen LogP contribution < -0.4 is 5.73 Å². The number of thioether (sulfide) groups is 1. The van der Waals surface area contributed by atoms with Crippen LogP contribution in [0.5, 0.6) is 0 Å². The van der Waals surface area contributed by atoms with Crippen LogP contribution >= 0.6 is 23.4 Å². The Balaban J connectivity index is 2.15. The summed E-state index contributed by atoms with van der Waals surface area (Å²) >= 11 is 7.65. The van der Waals surface area contributed by atoms with Gasteiger partial charge in [-0.05, 0) is 6.92 Å². The second kappa shape index (κ2) is 4.93. The Morgan fingerprint density at radius 2 is 2.12 bits per heavy atom. The molecule has 0 atom stereocenters.